The molecule has 0 spiro atoms. The first-order valence-electron chi connectivity index (χ1n) is 13.8. The number of rotatable bonds is 13. The van der Waals surface area contributed by atoms with Crippen molar-refractivity contribution in [3.8, 4) is 5.75 Å². The maximum absolute atomic E-state index is 12.5. The van der Waals surface area contributed by atoms with Gasteiger partial charge in [0.15, 0.2) is 0 Å². The van der Waals surface area contributed by atoms with Gasteiger partial charge in [0.1, 0.15) is 61.2 Å². The van der Waals surface area contributed by atoms with E-state index < -0.39 is 115 Å². The van der Waals surface area contributed by atoms with Crippen molar-refractivity contribution >= 4 is 23.5 Å². The van der Waals surface area contributed by atoms with Gasteiger partial charge < -0.3 is 69.9 Å². The first kappa shape index (κ1) is 36.9. The molecule has 0 aliphatic carbocycles. The topological polar surface area (TPSA) is 314 Å². The number of aliphatic hydroxyl groups is 7. The molecule has 1 aromatic carbocycles. The standard InChI is InChI=1S/C26H36N2O18/c1-10(29)23(37)42-8-15(32)18(33)22-17(27-11(2)30)14(31)7-26(46-22,25(38)39)43-9-16-19(34)20(35)21(36)24(45-16)44-13-5-3-12(4-6-13)28(40)41/h3-6,10,14-22,24,29,31-36H,7-9H2,1-2H3,(H,27,30)(H,38,39)/t10-,14+,15+,16?,17+,18+,19-,20?,21?,22?,24+,26+/m0/s1. The number of benzene rings is 1. The summed E-state index contributed by atoms with van der Waals surface area (Å²) in [5.74, 6) is -6.66. The number of aliphatic hydroxyl groups excluding tert-OH is 7. The number of hydrogen-bond donors (Lipinski definition) is 9. The Morgan fingerprint density at radius 1 is 1.09 bits per heavy atom. The lowest BCUT2D eigenvalue weighted by molar-refractivity contribution is -0.384. The molecule has 20 heteroatoms. The highest BCUT2D eigenvalue weighted by Crippen LogP contribution is 2.35. The van der Waals surface area contributed by atoms with Crippen molar-refractivity contribution in [2.75, 3.05) is 13.2 Å². The first-order chi connectivity index (χ1) is 21.5. The fourth-order valence-electron chi connectivity index (χ4n) is 4.70. The van der Waals surface area contributed by atoms with E-state index in [2.05, 4.69) is 10.1 Å². The Balaban J connectivity index is 1.80. The zero-order valence-electron chi connectivity index (χ0n) is 24.4. The molecule has 2 heterocycles. The number of esters is 1. The fourth-order valence-corrected chi connectivity index (χ4v) is 4.70. The van der Waals surface area contributed by atoms with Crippen LogP contribution in [0.3, 0.4) is 0 Å². The number of carboxylic acid groups (broad SMARTS) is 1. The molecule has 2 saturated heterocycles. The summed E-state index contributed by atoms with van der Waals surface area (Å²) in [5, 5.41) is 96.0. The minimum Gasteiger partial charge on any atom is -0.477 e. The molecule has 2 aliphatic rings. The number of non-ortho nitro benzene ring substituents is 1. The number of hydrogen-bond acceptors (Lipinski definition) is 17. The number of aliphatic carboxylic acids is 1. The molecule has 2 aliphatic heterocycles. The molecule has 3 rings (SSSR count). The van der Waals surface area contributed by atoms with Crippen molar-refractivity contribution in [2.45, 2.75) is 93.3 Å². The van der Waals surface area contributed by atoms with Crippen molar-refractivity contribution in [1.82, 2.24) is 5.32 Å². The van der Waals surface area contributed by atoms with E-state index in [0.717, 1.165) is 26.0 Å². The van der Waals surface area contributed by atoms with E-state index in [0.29, 0.717) is 0 Å². The summed E-state index contributed by atoms with van der Waals surface area (Å²) in [6.45, 7) is 0.302. The summed E-state index contributed by atoms with van der Waals surface area (Å²) in [7, 11) is 0. The third-order valence-corrected chi connectivity index (χ3v) is 7.19. The molecular weight excluding hydrogens is 628 g/mol. The summed E-state index contributed by atoms with van der Waals surface area (Å²) in [4.78, 5) is 46.1. The fraction of sp³-hybridized carbons (Fsp3) is 0.654. The third-order valence-electron chi connectivity index (χ3n) is 7.19. The molecule has 20 nitrogen and oxygen atoms in total. The molecule has 0 saturated carbocycles. The van der Waals surface area contributed by atoms with Gasteiger partial charge in [-0.3, -0.25) is 14.9 Å². The molecule has 9 N–H and O–H groups in total. The van der Waals surface area contributed by atoms with Crippen LogP contribution in [0.25, 0.3) is 0 Å². The van der Waals surface area contributed by atoms with Crippen LogP contribution in [-0.2, 0) is 33.3 Å². The van der Waals surface area contributed by atoms with Crippen LogP contribution in [0.1, 0.15) is 20.3 Å². The molecule has 4 unspecified atom stereocenters. The van der Waals surface area contributed by atoms with Gasteiger partial charge in [-0.05, 0) is 19.1 Å². The number of nitro benzene ring substituents is 1. The maximum Gasteiger partial charge on any atom is 0.364 e. The Labute approximate surface area is 259 Å². The molecule has 258 valence electrons. The molecule has 0 radical (unpaired) electrons. The second-order valence-corrected chi connectivity index (χ2v) is 10.7. The number of carbonyl (C=O) groups is 3. The minimum absolute atomic E-state index is 0.0443. The second kappa shape index (κ2) is 15.3. The number of ether oxygens (including phenoxy) is 5. The van der Waals surface area contributed by atoms with Crippen LogP contribution < -0.4 is 10.1 Å². The Kier molecular flexibility index (Phi) is 12.3. The summed E-state index contributed by atoms with van der Waals surface area (Å²) >= 11 is 0. The van der Waals surface area contributed by atoms with Gasteiger partial charge in [0.05, 0.1) is 23.7 Å². The highest BCUT2D eigenvalue weighted by Gasteiger charge is 2.57. The van der Waals surface area contributed by atoms with Crippen molar-refractivity contribution in [3.05, 3.63) is 34.4 Å². The SMILES string of the molecule is CC(=O)N[C@H]1C([C@H](O)[C@H](O)COC(=O)[C@H](C)O)O[C@@](OCC2O[C@@H](Oc3ccc([N+](=O)[O-])cc3)C(O)C(O)[C@H]2O)(C(=O)O)C[C@H]1O. The summed E-state index contributed by atoms with van der Waals surface area (Å²) in [6, 6.07) is 2.99. The molecule has 1 aromatic rings. The van der Waals surface area contributed by atoms with Crippen LogP contribution in [0.15, 0.2) is 24.3 Å². The molecule has 1 amide bonds. The lowest BCUT2D eigenvalue weighted by Crippen LogP contribution is -2.68. The zero-order valence-corrected chi connectivity index (χ0v) is 24.4. The van der Waals surface area contributed by atoms with Crippen molar-refractivity contribution < 1.29 is 83.8 Å². The molecule has 12 atom stereocenters. The van der Waals surface area contributed by atoms with Crippen LogP contribution in [-0.4, -0.2) is 150 Å². The van der Waals surface area contributed by atoms with E-state index in [4.69, 9.17) is 18.9 Å². The van der Waals surface area contributed by atoms with Gasteiger partial charge >= 0.3 is 11.9 Å². The van der Waals surface area contributed by atoms with Gasteiger partial charge in [-0.25, -0.2) is 9.59 Å². The average molecular weight is 665 g/mol. The van der Waals surface area contributed by atoms with E-state index in [-0.39, 0.29) is 11.4 Å². The third kappa shape index (κ3) is 8.61. The monoisotopic (exact) mass is 664 g/mol. The summed E-state index contributed by atoms with van der Waals surface area (Å²) < 4.78 is 26.6. The molecular formula is C26H36N2O18. The number of nitrogens with zero attached hydrogens (tertiary/aromatic N) is 1. The van der Waals surface area contributed by atoms with Crippen molar-refractivity contribution in [3.63, 3.8) is 0 Å². The quantitative estimate of drug-likeness (QED) is 0.0549. The minimum atomic E-state index is -2.84. The van der Waals surface area contributed by atoms with Gasteiger partial charge in [-0.15, -0.1) is 0 Å². The second-order valence-electron chi connectivity index (χ2n) is 10.7. The number of nitro groups is 1. The van der Waals surface area contributed by atoms with E-state index in [9.17, 15) is 65.4 Å². The molecule has 46 heavy (non-hydrogen) atoms. The lowest BCUT2D eigenvalue weighted by atomic mass is 9.88. The Bertz CT molecular complexity index is 1230. The maximum atomic E-state index is 12.5. The van der Waals surface area contributed by atoms with Gasteiger partial charge in [-0.1, -0.05) is 0 Å². The highest BCUT2D eigenvalue weighted by atomic mass is 16.7. The van der Waals surface area contributed by atoms with Gasteiger partial charge in [0.25, 0.3) is 11.5 Å². The highest BCUT2D eigenvalue weighted by molar-refractivity contribution is 5.76. The first-order valence-corrected chi connectivity index (χ1v) is 13.8. The van der Waals surface area contributed by atoms with E-state index >= 15 is 0 Å². The number of carboxylic acids is 1. The summed E-state index contributed by atoms with van der Waals surface area (Å²) in [5.41, 5.74) is -0.273. The van der Waals surface area contributed by atoms with Crippen molar-refractivity contribution in [1.29, 1.82) is 0 Å². The van der Waals surface area contributed by atoms with E-state index in [1.165, 1.54) is 12.1 Å². The van der Waals surface area contributed by atoms with Gasteiger partial charge in [-0.2, -0.15) is 0 Å². The van der Waals surface area contributed by atoms with E-state index in [1.54, 1.807) is 0 Å². The predicted octanol–water partition coefficient (Wildman–Crippen LogP) is -4.12. The summed E-state index contributed by atoms with van der Waals surface area (Å²) in [6.07, 6.45) is -19.3. The molecule has 2 fully saturated rings. The Morgan fingerprint density at radius 2 is 1.72 bits per heavy atom. The lowest BCUT2D eigenvalue weighted by Gasteiger charge is -2.47. The Morgan fingerprint density at radius 3 is 2.26 bits per heavy atom. The van der Waals surface area contributed by atoms with Crippen LogP contribution in [0.4, 0.5) is 5.69 Å². The number of amides is 1. The van der Waals surface area contributed by atoms with E-state index in [1.807, 2.05) is 0 Å². The molecule has 0 bridgehead atoms. The average Bonchev–Trinajstić information content (AvgIpc) is 2.99. The zero-order chi connectivity index (χ0) is 34.5. The smallest absolute Gasteiger partial charge is 0.364 e. The van der Waals surface area contributed by atoms with Gasteiger partial charge in [0, 0.05) is 25.5 Å². The molecule has 0 aromatic heterocycles. The van der Waals surface area contributed by atoms with Crippen LogP contribution in [0.2, 0.25) is 0 Å². The predicted molar refractivity (Wildman–Crippen MR) is 144 cm³/mol. The van der Waals surface area contributed by atoms with Crippen LogP contribution >= 0.6 is 0 Å². The van der Waals surface area contributed by atoms with Crippen LogP contribution in [0.5, 0.6) is 5.75 Å². The van der Waals surface area contributed by atoms with Gasteiger partial charge in [0.2, 0.25) is 12.2 Å². The normalized spacial score (nSPS) is 33.2. The number of nitrogens with one attached hydrogen (secondary N) is 1. The number of carbonyl (C=O) groups excluding carboxylic acids is 2. The van der Waals surface area contributed by atoms with Crippen LogP contribution in [0, 0.1) is 10.1 Å². The largest absolute Gasteiger partial charge is 0.477 e. The Hall–Kier alpha value is -3.57. The van der Waals surface area contributed by atoms with Crippen molar-refractivity contribution in [2.24, 2.45) is 0 Å².